The Kier molecular flexibility index (Phi) is 2.80. The number of thiophene rings is 1. The maximum absolute atomic E-state index is 13.0. The Morgan fingerprint density at radius 1 is 0.913 bits per heavy atom. The van der Waals surface area contributed by atoms with Crippen molar-refractivity contribution in [2.45, 2.75) is 18.8 Å². The van der Waals surface area contributed by atoms with Gasteiger partial charge in [-0.15, -0.1) is 11.3 Å². The van der Waals surface area contributed by atoms with Crippen LogP contribution in [0, 0.1) is 23.7 Å². The zero-order valence-corrected chi connectivity index (χ0v) is 13.4. The molecule has 2 saturated carbocycles. The largest absolute Gasteiger partial charge is 0.274 e. The first-order chi connectivity index (χ1) is 11.3. The number of fused-ring (bicyclic) bond motifs is 5. The van der Waals surface area contributed by atoms with E-state index < -0.39 is 0 Å². The average molecular weight is 323 g/mol. The van der Waals surface area contributed by atoms with Crippen LogP contribution in [0.3, 0.4) is 0 Å². The van der Waals surface area contributed by atoms with Crippen LogP contribution in [0.4, 0.5) is 5.69 Å². The second-order valence-corrected chi connectivity index (χ2v) is 7.90. The summed E-state index contributed by atoms with van der Waals surface area (Å²) in [5.74, 6) is 1.06. The Bertz CT molecular complexity index is 770. The molecule has 2 aromatic rings. The molecule has 4 heteroatoms. The highest BCUT2D eigenvalue weighted by Gasteiger charge is 2.64. The maximum Gasteiger partial charge on any atom is 0.237 e. The Hall–Kier alpha value is -1.94. The van der Waals surface area contributed by atoms with Crippen LogP contribution in [0.5, 0.6) is 0 Å². The van der Waals surface area contributed by atoms with Crippen molar-refractivity contribution in [2.24, 2.45) is 23.7 Å². The summed E-state index contributed by atoms with van der Waals surface area (Å²) >= 11 is 1.78. The molecule has 3 aliphatic rings. The SMILES string of the molecule is O=C1[C@@H]2[C@H]3C[C@@H]([C@@H]2C(=O)N1c1ccccc1)[C@H](c1cccs1)C3. The summed E-state index contributed by atoms with van der Waals surface area (Å²) in [6.45, 7) is 0. The first-order valence-corrected chi connectivity index (χ1v) is 9.10. The van der Waals surface area contributed by atoms with Crippen LogP contribution in [0.15, 0.2) is 47.8 Å². The van der Waals surface area contributed by atoms with E-state index in [2.05, 4.69) is 17.5 Å². The maximum atomic E-state index is 13.0. The molecule has 0 spiro atoms. The van der Waals surface area contributed by atoms with Crippen LogP contribution in [-0.4, -0.2) is 11.8 Å². The molecule has 5 atom stereocenters. The molecule has 1 aromatic carbocycles. The highest BCUT2D eigenvalue weighted by atomic mass is 32.1. The Morgan fingerprint density at radius 2 is 1.70 bits per heavy atom. The number of rotatable bonds is 2. The van der Waals surface area contributed by atoms with Gasteiger partial charge in [0.15, 0.2) is 0 Å². The molecule has 23 heavy (non-hydrogen) atoms. The quantitative estimate of drug-likeness (QED) is 0.791. The first-order valence-electron chi connectivity index (χ1n) is 8.22. The predicted octanol–water partition coefficient (Wildman–Crippen LogP) is 3.68. The molecule has 0 unspecified atom stereocenters. The summed E-state index contributed by atoms with van der Waals surface area (Å²) in [7, 11) is 0. The van der Waals surface area contributed by atoms with E-state index in [9.17, 15) is 9.59 Å². The molecule has 3 nitrogen and oxygen atoms in total. The van der Waals surface area contributed by atoms with Crippen LogP contribution in [0.1, 0.15) is 23.6 Å². The minimum atomic E-state index is -0.103. The van der Waals surface area contributed by atoms with Gasteiger partial charge in [-0.3, -0.25) is 14.5 Å². The highest BCUT2D eigenvalue weighted by Crippen LogP contribution is 2.62. The molecule has 116 valence electrons. The van der Waals surface area contributed by atoms with E-state index in [-0.39, 0.29) is 23.7 Å². The molecular formula is C19H17NO2S. The molecule has 1 aliphatic heterocycles. The lowest BCUT2D eigenvalue weighted by Crippen LogP contribution is -2.32. The fraction of sp³-hybridized carbons (Fsp3) is 0.368. The predicted molar refractivity (Wildman–Crippen MR) is 89.2 cm³/mol. The summed E-state index contributed by atoms with van der Waals surface area (Å²) in [5.41, 5.74) is 0.726. The van der Waals surface area contributed by atoms with Crippen LogP contribution < -0.4 is 4.90 Å². The summed E-state index contributed by atoms with van der Waals surface area (Å²) in [4.78, 5) is 28.7. The number of imide groups is 1. The van der Waals surface area contributed by atoms with Crippen molar-refractivity contribution in [3.8, 4) is 0 Å². The normalized spacial score (nSPS) is 35.1. The van der Waals surface area contributed by atoms with Crippen molar-refractivity contribution in [3.05, 3.63) is 52.7 Å². The summed E-state index contributed by atoms with van der Waals surface area (Å²) in [5, 5.41) is 2.11. The average Bonchev–Trinajstić information content (AvgIpc) is 3.32. The van der Waals surface area contributed by atoms with Crippen molar-refractivity contribution >= 4 is 28.8 Å². The second-order valence-electron chi connectivity index (χ2n) is 6.92. The number of amides is 2. The third kappa shape index (κ3) is 1.75. The van der Waals surface area contributed by atoms with E-state index in [1.165, 1.54) is 9.78 Å². The lowest BCUT2D eigenvalue weighted by molar-refractivity contribution is -0.123. The van der Waals surface area contributed by atoms with Gasteiger partial charge in [-0.1, -0.05) is 24.3 Å². The van der Waals surface area contributed by atoms with Crippen molar-refractivity contribution in [3.63, 3.8) is 0 Å². The van der Waals surface area contributed by atoms with Crippen LogP contribution in [-0.2, 0) is 9.59 Å². The van der Waals surface area contributed by atoms with Gasteiger partial charge in [0.05, 0.1) is 17.5 Å². The van der Waals surface area contributed by atoms with E-state index in [0.29, 0.717) is 17.8 Å². The molecule has 2 amide bonds. The summed E-state index contributed by atoms with van der Waals surface area (Å²) < 4.78 is 0. The van der Waals surface area contributed by atoms with Crippen molar-refractivity contribution in [1.82, 2.24) is 0 Å². The van der Waals surface area contributed by atoms with Gasteiger partial charge in [0.1, 0.15) is 0 Å². The van der Waals surface area contributed by atoms with E-state index in [4.69, 9.17) is 0 Å². The number of anilines is 1. The fourth-order valence-electron chi connectivity index (χ4n) is 5.12. The zero-order chi connectivity index (χ0) is 15.6. The van der Waals surface area contributed by atoms with E-state index in [0.717, 1.165) is 18.5 Å². The van der Waals surface area contributed by atoms with Gasteiger partial charge < -0.3 is 0 Å². The molecule has 1 aromatic heterocycles. The minimum absolute atomic E-state index is 0.0277. The molecule has 2 bridgehead atoms. The monoisotopic (exact) mass is 323 g/mol. The zero-order valence-electron chi connectivity index (χ0n) is 12.6. The lowest BCUT2D eigenvalue weighted by Gasteiger charge is -2.27. The topological polar surface area (TPSA) is 37.4 Å². The Labute approximate surface area is 138 Å². The highest BCUT2D eigenvalue weighted by molar-refractivity contribution is 7.10. The molecule has 1 saturated heterocycles. The first kappa shape index (κ1) is 13.5. The number of hydrogen-bond acceptors (Lipinski definition) is 3. The third-order valence-corrected chi connectivity index (χ3v) is 6.94. The molecular weight excluding hydrogens is 306 g/mol. The third-order valence-electron chi connectivity index (χ3n) is 5.94. The fourth-order valence-corrected chi connectivity index (χ4v) is 6.04. The standard InChI is InChI=1S/C19H17NO2S/c21-18-16-11-9-13(15-7-4-8-23-15)14(10-11)17(16)19(22)20(18)12-5-2-1-3-6-12/h1-8,11,13-14,16-17H,9-10H2/t11-,13-,14-,16-,17+/m1/s1. The van der Waals surface area contributed by atoms with Gasteiger partial charge in [0.25, 0.3) is 0 Å². The Morgan fingerprint density at radius 3 is 2.43 bits per heavy atom. The molecule has 0 radical (unpaired) electrons. The number of para-hydroxylation sites is 1. The summed E-state index contributed by atoms with van der Waals surface area (Å²) in [6, 6.07) is 13.7. The molecule has 2 heterocycles. The van der Waals surface area contributed by atoms with Crippen LogP contribution in [0.25, 0.3) is 0 Å². The molecule has 2 aliphatic carbocycles. The van der Waals surface area contributed by atoms with Crippen molar-refractivity contribution in [2.75, 3.05) is 4.90 Å². The van der Waals surface area contributed by atoms with Gasteiger partial charge in [-0.2, -0.15) is 0 Å². The van der Waals surface area contributed by atoms with Gasteiger partial charge in [0, 0.05) is 4.88 Å². The van der Waals surface area contributed by atoms with Crippen molar-refractivity contribution < 1.29 is 9.59 Å². The number of hydrogen-bond donors (Lipinski definition) is 0. The number of benzene rings is 1. The van der Waals surface area contributed by atoms with Gasteiger partial charge in [-0.25, -0.2) is 0 Å². The molecule has 3 fully saturated rings. The van der Waals surface area contributed by atoms with Crippen LogP contribution in [0.2, 0.25) is 0 Å². The second kappa shape index (κ2) is 4.78. The number of nitrogens with zero attached hydrogens (tertiary/aromatic N) is 1. The Balaban J connectivity index is 1.51. The van der Waals surface area contributed by atoms with Crippen LogP contribution >= 0.6 is 11.3 Å². The lowest BCUT2D eigenvalue weighted by atomic mass is 9.75. The molecule has 0 N–H and O–H groups in total. The van der Waals surface area contributed by atoms with Gasteiger partial charge in [0.2, 0.25) is 11.8 Å². The summed E-state index contributed by atoms with van der Waals surface area (Å²) in [6.07, 6.45) is 2.10. The van der Waals surface area contributed by atoms with E-state index in [1.807, 2.05) is 30.3 Å². The van der Waals surface area contributed by atoms with E-state index >= 15 is 0 Å². The number of carbonyl (C=O) groups excluding carboxylic acids is 2. The molecule has 5 rings (SSSR count). The smallest absolute Gasteiger partial charge is 0.237 e. The van der Waals surface area contributed by atoms with Crippen molar-refractivity contribution in [1.29, 1.82) is 0 Å². The minimum Gasteiger partial charge on any atom is -0.274 e. The number of carbonyl (C=O) groups is 2. The van der Waals surface area contributed by atoms with Gasteiger partial charge in [-0.05, 0) is 54.2 Å². The van der Waals surface area contributed by atoms with Gasteiger partial charge >= 0.3 is 0 Å². The van der Waals surface area contributed by atoms with E-state index in [1.54, 1.807) is 11.3 Å².